The minimum Gasteiger partial charge on any atom is -0.328 e. The number of amides is 1. The predicted molar refractivity (Wildman–Crippen MR) is 82.0 cm³/mol. The van der Waals surface area contributed by atoms with Gasteiger partial charge in [0.2, 0.25) is 0 Å². The molecule has 112 valence electrons. The Morgan fingerprint density at radius 3 is 3.05 bits per heavy atom. The second kappa shape index (κ2) is 5.50. The molecule has 0 aromatic carbocycles. The van der Waals surface area contributed by atoms with Crippen LogP contribution >= 0.6 is 0 Å². The van der Waals surface area contributed by atoms with Crippen molar-refractivity contribution in [3.8, 4) is 0 Å². The number of aromatic nitrogens is 2. The van der Waals surface area contributed by atoms with E-state index in [0.29, 0.717) is 19.1 Å². The van der Waals surface area contributed by atoms with Crippen molar-refractivity contribution in [3.05, 3.63) is 59.2 Å². The number of carbonyl (C=O) groups excluding carboxylic acids is 1. The van der Waals surface area contributed by atoms with Gasteiger partial charge in [0.05, 0.1) is 23.5 Å². The summed E-state index contributed by atoms with van der Waals surface area (Å²) in [6, 6.07) is 8.15. The summed E-state index contributed by atoms with van der Waals surface area (Å²) < 4.78 is 0. The van der Waals surface area contributed by atoms with Gasteiger partial charge in [-0.2, -0.15) is 0 Å². The van der Waals surface area contributed by atoms with Crippen molar-refractivity contribution in [1.29, 1.82) is 0 Å². The molecule has 0 aliphatic carbocycles. The molecule has 5 nitrogen and oxygen atoms in total. The number of nitrogens with zero attached hydrogens (tertiary/aromatic N) is 3. The maximum absolute atomic E-state index is 12.5. The minimum atomic E-state index is 0.0669. The van der Waals surface area contributed by atoms with Gasteiger partial charge in [0.1, 0.15) is 0 Å². The van der Waals surface area contributed by atoms with Gasteiger partial charge >= 0.3 is 0 Å². The van der Waals surface area contributed by atoms with E-state index in [1.165, 1.54) is 6.42 Å². The van der Waals surface area contributed by atoms with E-state index in [9.17, 15) is 4.79 Å². The second-order valence-corrected chi connectivity index (χ2v) is 5.90. The first kappa shape index (κ1) is 13.4. The molecule has 1 saturated heterocycles. The number of hydrogen-bond acceptors (Lipinski definition) is 4. The third-order valence-corrected chi connectivity index (χ3v) is 4.37. The number of pyridine rings is 2. The van der Waals surface area contributed by atoms with Crippen molar-refractivity contribution in [2.75, 3.05) is 6.54 Å². The molecular weight excluding hydrogens is 276 g/mol. The quantitative estimate of drug-likeness (QED) is 0.941. The van der Waals surface area contributed by atoms with Crippen LogP contribution in [0.1, 0.15) is 46.2 Å². The summed E-state index contributed by atoms with van der Waals surface area (Å²) >= 11 is 0. The molecule has 2 aliphatic heterocycles. The Hall–Kier alpha value is -2.27. The number of fused-ring (bicyclic) bond motifs is 1. The predicted octanol–water partition coefficient (Wildman–Crippen LogP) is 2.06. The smallest absolute Gasteiger partial charge is 0.256 e. The Kier molecular flexibility index (Phi) is 3.35. The number of rotatable bonds is 3. The van der Waals surface area contributed by atoms with Crippen LogP contribution in [0.3, 0.4) is 0 Å². The highest BCUT2D eigenvalue weighted by molar-refractivity contribution is 5.97. The Morgan fingerprint density at radius 2 is 2.27 bits per heavy atom. The molecule has 5 heteroatoms. The molecule has 1 fully saturated rings. The molecule has 1 atom stereocenters. The van der Waals surface area contributed by atoms with Crippen LogP contribution in [0.2, 0.25) is 0 Å². The van der Waals surface area contributed by atoms with Crippen LogP contribution in [0.25, 0.3) is 0 Å². The lowest BCUT2D eigenvalue weighted by molar-refractivity contribution is 0.0766. The number of nitrogens with one attached hydrogen (secondary N) is 1. The van der Waals surface area contributed by atoms with E-state index in [2.05, 4.69) is 10.3 Å². The molecule has 0 saturated carbocycles. The van der Waals surface area contributed by atoms with Crippen molar-refractivity contribution >= 4 is 5.91 Å². The Bertz CT molecular complexity index is 695. The highest BCUT2D eigenvalue weighted by Gasteiger charge is 2.30. The molecule has 2 aromatic rings. The highest BCUT2D eigenvalue weighted by Crippen LogP contribution is 2.27. The summed E-state index contributed by atoms with van der Waals surface area (Å²) in [5.74, 6) is 0.0669. The van der Waals surface area contributed by atoms with Crippen LogP contribution in [-0.2, 0) is 13.1 Å². The van der Waals surface area contributed by atoms with Gasteiger partial charge in [0.15, 0.2) is 0 Å². The van der Waals surface area contributed by atoms with Crippen molar-refractivity contribution in [3.63, 3.8) is 0 Å². The number of hydrogen-bond donors (Lipinski definition) is 1. The first-order chi connectivity index (χ1) is 10.8. The summed E-state index contributed by atoms with van der Waals surface area (Å²) in [5, 5.41) is 3.46. The maximum atomic E-state index is 12.5. The van der Waals surface area contributed by atoms with Crippen molar-refractivity contribution in [2.45, 2.75) is 32.0 Å². The maximum Gasteiger partial charge on any atom is 0.256 e. The van der Waals surface area contributed by atoms with Crippen molar-refractivity contribution < 1.29 is 4.79 Å². The van der Waals surface area contributed by atoms with Crippen LogP contribution in [0.5, 0.6) is 0 Å². The summed E-state index contributed by atoms with van der Waals surface area (Å²) in [4.78, 5) is 23.2. The molecular formula is C17H18N4O. The zero-order chi connectivity index (χ0) is 14.9. The molecule has 1 unspecified atom stereocenters. The molecule has 22 heavy (non-hydrogen) atoms. The molecule has 2 aliphatic rings. The van der Waals surface area contributed by atoms with E-state index in [0.717, 1.165) is 35.5 Å². The van der Waals surface area contributed by atoms with Crippen LogP contribution in [0.15, 0.2) is 36.7 Å². The molecule has 4 heterocycles. The minimum absolute atomic E-state index is 0.0669. The molecule has 1 N–H and O–H groups in total. The van der Waals surface area contributed by atoms with Gasteiger partial charge in [-0.3, -0.25) is 14.8 Å². The Morgan fingerprint density at radius 1 is 1.32 bits per heavy atom. The van der Waals surface area contributed by atoms with Gasteiger partial charge in [0.25, 0.3) is 5.91 Å². The van der Waals surface area contributed by atoms with E-state index in [-0.39, 0.29) is 5.91 Å². The first-order valence-corrected chi connectivity index (χ1v) is 7.72. The lowest BCUT2D eigenvalue weighted by Gasteiger charge is -2.14. The van der Waals surface area contributed by atoms with E-state index in [1.54, 1.807) is 12.4 Å². The molecule has 0 spiro atoms. The summed E-state index contributed by atoms with van der Waals surface area (Å²) in [5.41, 5.74) is 3.75. The standard InChI is InChI=1S/C17H18N4O/c22-17-13-5-6-15(14-4-2-8-19-14)20-16(13)11-21(17)10-12-3-1-7-18-9-12/h1,3,5-7,9,14,19H,2,4,8,10-11H2. The molecule has 2 aromatic heterocycles. The van der Waals surface area contributed by atoms with E-state index >= 15 is 0 Å². The topological polar surface area (TPSA) is 58.1 Å². The van der Waals surface area contributed by atoms with Gasteiger partial charge in [0, 0.05) is 25.0 Å². The SMILES string of the molecule is O=C1c2ccc(C3CCCN3)nc2CN1Cc1cccnc1. The van der Waals surface area contributed by atoms with E-state index in [4.69, 9.17) is 4.98 Å². The van der Waals surface area contributed by atoms with Crippen LogP contribution in [0, 0.1) is 0 Å². The highest BCUT2D eigenvalue weighted by atomic mass is 16.2. The van der Waals surface area contributed by atoms with Crippen LogP contribution < -0.4 is 5.32 Å². The first-order valence-electron chi connectivity index (χ1n) is 7.72. The zero-order valence-corrected chi connectivity index (χ0v) is 12.3. The summed E-state index contributed by atoms with van der Waals surface area (Å²) in [7, 11) is 0. The molecule has 4 rings (SSSR count). The van der Waals surface area contributed by atoms with Gasteiger partial charge in [-0.05, 0) is 43.1 Å². The Labute approximate surface area is 129 Å². The third kappa shape index (κ3) is 2.37. The monoisotopic (exact) mass is 294 g/mol. The molecule has 1 amide bonds. The van der Waals surface area contributed by atoms with E-state index in [1.807, 2.05) is 29.2 Å². The van der Waals surface area contributed by atoms with Gasteiger partial charge in [-0.25, -0.2) is 0 Å². The fraction of sp³-hybridized carbons (Fsp3) is 0.353. The largest absolute Gasteiger partial charge is 0.328 e. The second-order valence-electron chi connectivity index (χ2n) is 5.90. The lowest BCUT2D eigenvalue weighted by Crippen LogP contribution is -2.23. The van der Waals surface area contributed by atoms with Crippen molar-refractivity contribution in [1.82, 2.24) is 20.2 Å². The normalized spacial score (nSPS) is 20.5. The molecule has 0 bridgehead atoms. The molecule has 0 radical (unpaired) electrons. The van der Waals surface area contributed by atoms with Crippen molar-refractivity contribution in [2.24, 2.45) is 0 Å². The average molecular weight is 294 g/mol. The fourth-order valence-electron chi connectivity index (χ4n) is 3.23. The van der Waals surface area contributed by atoms with Gasteiger partial charge in [-0.1, -0.05) is 6.07 Å². The lowest BCUT2D eigenvalue weighted by atomic mass is 10.1. The number of carbonyl (C=O) groups is 1. The van der Waals surface area contributed by atoms with E-state index < -0.39 is 0 Å². The zero-order valence-electron chi connectivity index (χ0n) is 12.3. The average Bonchev–Trinajstić information content (AvgIpc) is 3.18. The van der Waals surface area contributed by atoms with Gasteiger partial charge < -0.3 is 10.2 Å². The van der Waals surface area contributed by atoms with Crippen LogP contribution in [-0.4, -0.2) is 27.3 Å². The Balaban J connectivity index is 1.55. The van der Waals surface area contributed by atoms with Gasteiger partial charge in [-0.15, -0.1) is 0 Å². The van der Waals surface area contributed by atoms with Crippen LogP contribution in [0.4, 0.5) is 0 Å². The summed E-state index contributed by atoms with van der Waals surface area (Å²) in [6.07, 6.45) is 5.86. The summed E-state index contributed by atoms with van der Waals surface area (Å²) in [6.45, 7) is 2.22. The fourth-order valence-corrected chi connectivity index (χ4v) is 3.23. The third-order valence-electron chi connectivity index (χ3n) is 4.37.